The van der Waals surface area contributed by atoms with Gasteiger partial charge >= 0.3 is 0 Å². The van der Waals surface area contributed by atoms with Crippen molar-refractivity contribution in [2.75, 3.05) is 17.6 Å². The van der Waals surface area contributed by atoms with E-state index in [1.54, 1.807) is 0 Å². The molecule has 0 atom stereocenters. The van der Waals surface area contributed by atoms with Crippen LogP contribution in [0.15, 0.2) is 12.2 Å². The number of rotatable bonds is 28. The zero-order valence-electron chi connectivity index (χ0n) is 22.6. The number of unbranched alkanes of at least 4 members (excludes halogenated alkanes) is 17. The summed E-state index contributed by atoms with van der Waals surface area (Å²) in [4.78, 5) is 0. The van der Waals surface area contributed by atoms with Crippen LogP contribution in [0, 0.1) is 0 Å². The Morgan fingerprint density at radius 3 is 1.45 bits per heavy atom. The smallest absolute Gasteiger partial charge is 0.157 e. The van der Waals surface area contributed by atoms with Crippen LogP contribution in [0.1, 0.15) is 155 Å². The number of hydrogen-bond acceptors (Lipinski definition) is 2. The summed E-state index contributed by atoms with van der Waals surface area (Å²) in [5.41, 5.74) is 0. The molecule has 0 aromatic rings. The number of halogens is 1. The number of ether oxygens (including phenoxy) is 2. The summed E-state index contributed by atoms with van der Waals surface area (Å²) in [7, 11) is 0. The summed E-state index contributed by atoms with van der Waals surface area (Å²) in [5, 5.41) is 0. The van der Waals surface area contributed by atoms with Gasteiger partial charge < -0.3 is 9.47 Å². The lowest BCUT2D eigenvalue weighted by molar-refractivity contribution is -0.148. The lowest BCUT2D eigenvalue weighted by Crippen LogP contribution is -2.19. The van der Waals surface area contributed by atoms with Crippen LogP contribution in [0.3, 0.4) is 0 Å². The van der Waals surface area contributed by atoms with E-state index in [-0.39, 0.29) is 6.29 Å². The lowest BCUT2D eigenvalue weighted by atomic mass is 10.1. The molecule has 3 heteroatoms. The van der Waals surface area contributed by atoms with Crippen molar-refractivity contribution in [2.45, 2.75) is 161 Å². The fourth-order valence-electron chi connectivity index (χ4n) is 4.16. The fraction of sp³-hybridized carbons (Fsp3) is 0.933. The van der Waals surface area contributed by atoms with Gasteiger partial charge in [0.1, 0.15) is 0 Å². The Kier molecular flexibility index (Phi) is 30.8. The first-order valence-corrected chi connectivity index (χ1v) is 16.3. The maximum atomic E-state index is 6.16. The first-order chi connectivity index (χ1) is 16.3. The van der Waals surface area contributed by atoms with Crippen molar-refractivity contribution in [1.82, 2.24) is 0 Å². The molecule has 0 N–H and O–H groups in total. The molecule has 0 spiro atoms. The molecule has 0 aliphatic rings. The molecule has 0 radical (unpaired) electrons. The van der Waals surface area contributed by atoms with Gasteiger partial charge in [-0.3, -0.25) is 0 Å². The molecule has 198 valence electrons. The Labute approximate surface area is 222 Å². The zero-order chi connectivity index (χ0) is 24.1. The van der Waals surface area contributed by atoms with Crippen molar-refractivity contribution in [3.05, 3.63) is 12.2 Å². The highest BCUT2D eigenvalue weighted by Gasteiger charge is 2.09. The van der Waals surface area contributed by atoms with Gasteiger partial charge in [-0.1, -0.05) is 145 Å². The monoisotopic (exact) mass is 578 g/mol. The first kappa shape index (κ1) is 33.4. The third kappa shape index (κ3) is 28.5. The largest absolute Gasteiger partial charge is 0.353 e. The highest BCUT2D eigenvalue weighted by molar-refractivity contribution is 14.1. The van der Waals surface area contributed by atoms with E-state index >= 15 is 0 Å². The Hall–Kier alpha value is 0.390. The van der Waals surface area contributed by atoms with E-state index in [0.29, 0.717) is 0 Å². The van der Waals surface area contributed by atoms with Crippen molar-refractivity contribution in [1.29, 1.82) is 0 Å². The van der Waals surface area contributed by atoms with Crippen LogP contribution in [0.2, 0.25) is 0 Å². The molecule has 33 heavy (non-hydrogen) atoms. The summed E-state index contributed by atoms with van der Waals surface area (Å²) in [6.45, 7) is 6.31. The summed E-state index contributed by atoms with van der Waals surface area (Å²) < 4.78 is 13.6. The van der Waals surface area contributed by atoms with Gasteiger partial charge in [0, 0.05) is 17.6 Å². The maximum absolute atomic E-state index is 6.16. The van der Waals surface area contributed by atoms with E-state index in [4.69, 9.17) is 9.47 Å². The third-order valence-electron chi connectivity index (χ3n) is 6.36. The van der Waals surface area contributed by atoms with Crippen LogP contribution in [-0.2, 0) is 9.47 Å². The Balaban J connectivity index is 3.80. The molecule has 0 aliphatic heterocycles. The molecule has 0 unspecified atom stereocenters. The van der Waals surface area contributed by atoms with E-state index in [1.807, 2.05) is 0 Å². The molecule has 0 saturated heterocycles. The van der Waals surface area contributed by atoms with E-state index in [0.717, 1.165) is 19.6 Å². The van der Waals surface area contributed by atoms with E-state index in [2.05, 4.69) is 48.6 Å². The Morgan fingerprint density at radius 2 is 0.939 bits per heavy atom. The minimum atomic E-state index is 0.0330. The van der Waals surface area contributed by atoms with Crippen LogP contribution < -0.4 is 0 Å². The van der Waals surface area contributed by atoms with Crippen molar-refractivity contribution in [2.24, 2.45) is 0 Å². The van der Waals surface area contributed by atoms with Gasteiger partial charge in [-0.25, -0.2) is 0 Å². The second-order valence-electron chi connectivity index (χ2n) is 9.71. The highest BCUT2D eigenvalue weighted by Crippen LogP contribution is 2.15. The number of hydrogen-bond donors (Lipinski definition) is 0. The van der Waals surface area contributed by atoms with Crippen molar-refractivity contribution in [3.8, 4) is 0 Å². The van der Waals surface area contributed by atoms with Crippen molar-refractivity contribution in [3.63, 3.8) is 0 Å². The molecule has 0 aliphatic carbocycles. The highest BCUT2D eigenvalue weighted by atomic mass is 127. The maximum Gasteiger partial charge on any atom is 0.157 e. The van der Waals surface area contributed by atoms with Gasteiger partial charge in [0.05, 0.1) is 0 Å². The van der Waals surface area contributed by atoms with Crippen LogP contribution >= 0.6 is 22.6 Å². The molecule has 0 rings (SSSR count). The van der Waals surface area contributed by atoms with Crippen molar-refractivity contribution < 1.29 is 9.47 Å². The minimum Gasteiger partial charge on any atom is -0.353 e. The zero-order valence-corrected chi connectivity index (χ0v) is 24.8. The molecule has 0 heterocycles. The van der Waals surface area contributed by atoms with Crippen molar-refractivity contribution >= 4 is 22.6 Å². The molecule has 2 nitrogen and oxygen atoms in total. The Bertz CT molecular complexity index is 354. The summed E-state index contributed by atoms with van der Waals surface area (Å²) in [5.74, 6) is 0. The second-order valence-corrected chi connectivity index (χ2v) is 10.8. The van der Waals surface area contributed by atoms with E-state index < -0.39 is 0 Å². The second kappa shape index (κ2) is 30.4. The standard InChI is InChI=1S/C30H59IO2/c1-3-5-7-9-20-24-28-32-30(33-29-25-21-10-8-6-4-2)26-22-18-16-14-12-11-13-15-17-19-23-27-31/h17,19,30H,3-16,18,20-29H2,1-2H3/b19-17-. The number of allylic oxidation sites excluding steroid dienone is 2. The third-order valence-corrected chi connectivity index (χ3v) is 6.98. The number of alkyl halides is 1. The normalized spacial score (nSPS) is 11.9. The van der Waals surface area contributed by atoms with Crippen LogP contribution in [0.4, 0.5) is 0 Å². The topological polar surface area (TPSA) is 18.5 Å². The lowest BCUT2D eigenvalue weighted by Gasteiger charge is -2.19. The molecule has 0 amide bonds. The molecular weight excluding hydrogens is 519 g/mol. The predicted octanol–water partition coefficient (Wildman–Crippen LogP) is 11.0. The van der Waals surface area contributed by atoms with Crippen LogP contribution in [0.25, 0.3) is 0 Å². The molecule has 0 aromatic heterocycles. The van der Waals surface area contributed by atoms with E-state index in [1.165, 1.54) is 139 Å². The average Bonchev–Trinajstić information content (AvgIpc) is 2.83. The summed E-state index contributed by atoms with van der Waals surface area (Å²) >= 11 is 2.44. The van der Waals surface area contributed by atoms with Crippen LogP contribution in [0.5, 0.6) is 0 Å². The first-order valence-electron chi connectivity index (χ1n) is 14.8. The van der Waals surface area contributed by atoms with Gasteiger partial charge in [-0.2, -0.15) is 0 Å². The fourth-order valence-corrected chi connectivity index (χ4v) is 4.52. The predicted molar refractivity (Wildman–Crippen MR) is 157 cm³/mol. The minimum absolute atomic E-state index is 0.0330. The molecule has 0 fully saturated rings. The SMILES string of the molecule is CCCCCCCCOC(CCCCCCCCC/C=C\CCI)OCCCCCCCC. The van der Waals surface area contributed by atoms with Gasteiger partial charge in [-0.05, 0) is 44.9 Å². The summed E-state index contributed by atoms with van der Waals surface area (Å²) in [6.07, 6.45) is 33.6. The quantitative estimate of drug-likeness (QED) is 0.0302. The van der Waals surface area contributed by atoms with Crippen LogP contribution in [-0.4, -0.2) is 23.9 Å². The molecule has 0 aromatic carbocycles. The molecular formula is C30H59IO2. The van der Waals surface area contributed by atoms with E-state index in [9.17, 15) is 0 Å². The summed E-state index contributed by atoms with van der Waals surface area (Å²) in [6, 6.07) is 0. The van der Waals surface area contributed by atoms with Gasteiger partial charge in [0.25, 0.3) is 0 Å². The Morgan fingerprint density at radius 1 is 0.515 bits per heavy atom. The molecule has 0 saturated carbocycles. The average molecular weight is 579 g/mol. The van der Waals surface area contributed by atoms with Gasteiger partial charge in [0.2, 0.25) is 0 Å². The molecule has 0 bridgehead atoms. The van der Waals surface area contributed by atoms with Gasteiger partial charge in [-0.15, -0.1) is 0 Å². The van der Waals surface area contributed by atoms with Gasteiger partial charge in [0.15, 0.2) is 6.29 Å².